The predicted molar refractivity (Wildman–Crippen MR) is 112 cm³/mol. The molecule has 1 aliphatic carbocycles. The van der Waals surface area contributed by atoms with E-state index in [1.165, 1.54) is 32.1 Å². The Balaban J connectivity index is 1.44. The Morgan fingerprint density at radius 3 is 2.60 bits per heavy atom. The van der Waals surface area contributed by atoms with E-state index in [1.807, 2.05) is 30.3 Å². The normalized spacial score (nSPS) is 21.5. The highest BCUT2D eigenvalue weighted by molar-refractivity contribution is 5.42. The summed E-state index contributed by atoms with van der Waals surface area (Å²) in [7, 11) is 0. The molecule has 2 aliphatic heterocycles. The topological polar surface area (TPSA) is 41.4 Å². The summed E-state index contributed by atoms with van der Waals surface area (Å²) in [6, 6.07) is 9.54. The van der Waals surface area contributed by atoms with Gasteiger partial charge < -0.3 is 9.47 Å². The van der Waals surface area contributed by atoms with Crippen LogP contribution in [0.2, 0.25) is 0 Å². The first-order valence-electron chi connectivity index (χ1n) is 11.0. The fourth-order valence-electron chi connectivity index (χ4n) is 5.36. The van der Waals surface area contributed by atoms with Gasteiger partial charge >= 0.3 is 5.92 Å². The van der Waals surface area contributed by atoms with Gasteiger partial charge in [-0.1, -0.05) is 49.6 Å². The molecule has 5 rings (SSSR count). The lowest BCUT2D eigenvalue weighted by atomic mass is 9.89. The average molecular weight is 415 g/mol. The summed E-state index contributed by atoms with van der Waals surface area (Å²) >= 11 is 0. The summed E-state index contributed by atoms with van der Waals surface area (Å²) < 4.78 is 32.3. The molecule has 0 saturated heterocycles. The first kappa shape index (κ1) is 19.7. The molecule has 3 heterocycles. The molecule has 0 amide bonds. The molecule has 3 aliphatic rings. The Labute approximate surface area is 175 Å². The summed E-state index contributed by atoms with van der Waals surface area (Å²) in [5, 5.41) is 0. The minimum Gasteiger partial charge on any atom is -0.340 e. The van der Waals surface area contributed by atoms with E-state index >= 15 is 8.78 Å². The maximum Gasteiger partial charge on any atom is 0.300 e. The number of halogens is 2. The number of nitrogens with zero attached hydrogens (tertiary/aromatic N) is 4. The van der Waals surface area contributed by atoms with Gasteiger partial charge in [0.25, 0.3) is 5.56 Å². The van der Waals surface area contributed by atoms with E-state index in [2.05, 4.69) is 9.88 Å². The molecule has 160 valence electrons. The molecular weight excluding hydrogens is 386 g/mol. The molecule has 2 aromatic rings. The number of aromatic nitrogens is 2. The van der Waals surface area contributed by atoms with Crippen LogP contribution < -0.4 is 10.5 Å². The second kappa shape index (κ2) is 7.76. The number of hydrogen-bond acceptors (Lipinski definition) is 4. The van der Waals surface area contributed by atoms with Crippen LogP contribution in [0, 0.1) is 5.92 Å². The van der Waals surface area contributed by atoms with Crippen molar-refractivity contribution in [3.05, 3.63) is 57.5 Å². The first-order chi connectivity index (χ1) is 14.5. The van der Waals surface area contributed by atoms with Gasteiger partial charge in [0.2, 0.25) is 5.95 Å². The van der Waals surface area contributed by atoms with Crippen molar-refractivity contribution in [2.75, 3.05) is 24.5 Å². The highest BCUT2D eigenvalue weighted by Crippen LogP contribution is 2.39. The Bertz CT molecular complexity index is 969. The number of fused-ring (bicyclic) bond motifs is 3. The van der Waals surface area contributed by atoms with Gasteiger partial charge in [-0.2, -0.15) is 13.8 Å². The fourth-order valence-corrected chi connectivity index (χ4v) is 5.36. The van der Waals surface area contributed by atoms with E-state index in [0.29, 0.717) is 31.5 Å². The van der Waals surface area contributed by atoms with Crippen LogP contribution in [0.3, 0.4) is 0 Å². The van der Waals surface area contributed by atoms with E-state index in [9.17, 15) is 4.79 Å². The summed E-state index contributed by atoms with van der Waals surface area (Å²) in [5.74, 6) is -2.05. The molecule has 30 heavy (non-hydrogen) atoms. The van der Waals surface area contributed by atoms with Crippen molar-refractivity contribution in [3.63, 3.8) is 0 Å². The molecule has 0 radical (unpaired) electrons. The molecule has 1 aromatic heterocycles. The van der Waals surface area contributed by atoms with Gasteiger partial charge in [-0.3, -0.25) is 9.69 Å². The van der Waals surface area contributed by atoms with Gasteiger partial charge in [0, 0.05) is 32.7 Å². The Morgan fingerprint density at radius 1 is 1.07 bits per heavy atom. The van der Waals surface area contributed by atoms with Crippen molar-refractivity contribution in [3.8, 4) is 0 Å². The van der Waals surface area contributed by atoms with Crippen molar-refractivity contribution in [2.24, 2.45) is 5.92 Å². The maximum absolute atomic E-state index is 15.3. The van der Waals surface area contributed by atoms with Crippen molar-refractivity contribution < 1.29 is 8.78 Å². The summed E-state index contributed by atoms with van der Waals surface area (Å²) in [6.45, 7) is 2.19. The largest absolute Gasteiger partial charge is 0.340 e. The van der Waals surface area contributed by atoms with Gasteiger partial charge in [0.15, 0.2) is 0 Å². The van der Waals surface area contributed by atoms with Gasteiger partial charge in [0.1, 0.15) is 5.69 Å². The van der Waals surface area contributed by atoms with Crippen molar-refractivity contribution in [1.82, 2.24) is 14.5 Å². The number of alkyl halides is 2. The zero-order chi connectivity index (χ0) is 20.7. The van der Waals surface area contributed by atoms with Crippen LogP contribution in [0.5, 0.6) is 0 Å². The highest BCUT2D eigenvalue weighted by Gasteiger charge is 2.46. The zero-order valence-corrected chi connectivity index (χ0v) is 17.2. The van der Waals surface area contributed by atoms with Crippen molar-refractivity contribution in [2.45, 2.75) is 57.7 Å². The molecule has 5 nitrogen and oxygen atoms in total. The van der Waals surface area contributed by atoms with E-state index in [1.54, 1.807) is 9.47 Å². The third kappa shape index (κ3) is 3.64. The lowest BCUT2D eigenvalue weighted by molar-refractivity contribution is -0.0621. The average Bonchev–Trinajstić information content (AvgIpc) is 3.11. The number of benzene rings is 1. The molecule has 0 N–H and O–H groups in total. The standard InChI is InChI=1S/C23H28F2N4O/c24-23(25)16-27(13-17-7-3-1-4-8-17)15-19-20(23)29-12-11-28(22(29)26-21(19)30)14-18-9-5-2-6-10-18/h1,3-4,7-8,18H,2,5-6,9-16H2. The Hall–Kier alpha value is -2.28. The van der Waals surface area contributed by atoms with Crippen LogP contribution in [0.15, 0.2) is 35.1 Å². The molecular formula is C23H28F2N4O. The van der Waals surface area contributed by atoms with Crippen LogP contribution >= 0.6 is 0 Å². The quantitative estimate of drug-likeness (QED) is 0.764. The first-order valence-corrected chi connectivity index (χ1v) is 11.0. The summed E-state index contributed by atoms with van der Waals surface area (Å²) in [5.41, 5.74) is 0.521. The van der Waals surface area contributed by atoms with Gasteiger partial charge in [0.05, 0.1) is 12.1 Å². The summed E-state index contributed by atoms with van der Waals surface area (Å²) in [4.78, 5) is 20.8. The van der Waals surface area contributed by atoms with Crippen LogP contribution in [-0.4, -0.2) is 34.1 Å². The minimum atomic E-state index is -3.07. The third-order valence-corrected chi connectivity index (χ3v) is 6.74. The molecule has 1 fully saturated rings. The van der Waals surface area contributed by atoms with Crippen LogP contribution in [0.4, 0.5) is 14.7 Å². The van der Waals surface area contributed by atoms with Gasteiger partial charge in [-0.15, -0.1) is 0 Å². The van der Waals surface area contributed by atoms with E-state index < -0.39 is 11.5 Å². The van der Waals surface area contributed by atoms with Gasteiger partial charge in [-0.25, -0.2) is 0 Å². The van der Waals surface area contributed by atoms with Crippen LogP contribution in [0.25, 0.3) is 0 Å². The molecule has 1 aromatic carbocycles. The van der Waals surface area contributed by atoms with Crippen LogP contribution in [0.1, 0.15) is 48.9 Å². The zero-order valence-electron chi connectivity index (χ0n) is 17.2. The SMILES string of the molecule is O=c1nc2n(c3c1CN(Cc1ccccc1)CC3(F)F)CCN2CC1CCCCC1. The molecule has 1 saturated carbocycles. The lowest BCUT2D eigenvalue weighted by Gasteiger charge is -2.35. The smallest absolute Gasteiger partial charge is 0.300 e. The van der Waals surface area contributed by atoms with E-state index in [4.69, 9.17) is 0 Å². The van der Waals surface area contributed by atoms with E-state index in [-0.39, 0.29) is 24.3 Å². The summed E-state index contributed by atoms with van der Waals surface area (Å²) in [6.07, 6.45) is 6.10. The maximum atomic E-state index is 15.3. The lowest BCUT2D eigenvalue weighted by Crippen LogP contribution is -2.45. The number of rotatable bonds is 4. The highest BCUT2D eigenvalue weighted by atomic mass is 19.3. The predicted octanol–water partition coefficient (Wildman–Crippen LogP) is 3.75. The Kier molecular flexibility index (Phi) is 5.09. The van der Waals surface area contributed by atoms with Crippen molar-refractivity contribution in [1.29, 1.82) is 0 Å². The molecule has 0 spiro atoms. The second-order valence-electron chi connectivity index (χ2n) is 8.98. The molecule has 0 bridgehead atoms. The monoisotopic (exact) mass is 414 g/mol. The van der Waals surface area contributed by atoms with Crippen molar-refractivity contribution >= 4 is 5.95 Å². The minimum absolute atomic E-state index is 0.104. The van der Waals surface area contributed by atoms with Crippen LogP contribution in [-0.2, 0) is 25.6 Å². The molecule has 0 unspecified atom stereocenters. The number of hydrogen-bond donors (Lipinski definition) is 0. The van der Waals surface area contributed by atoms with E-state index in [0.717, 1.165) is 12.1 Å². The third-order valence-electron chi connectivity index (χ3n) is 6.74. The Morgan fingerprint density at radius 2 is 1.83 bits per heavy atom. The van der Waals surface area contributed by atoms with Gasteiger partial charge in [-0.05, 0) is 24.3 Å². The molecule has 0 atom stereocenters. The molecule has 7 heteroatoms. The number of anilines is 1. The second-order valence-corrected chi connectivity index (χ2v) is 8.98. The fraction of sp³-hybridized carbons (Fsp3) is 0.565.